The van der Waals surface area contributed by atoms with E-state index in [2.05, 4.69) is 35.9 Å². The smallest absolute Gasteiger partial charge is 0.225 e. The molecule has 0 saturated carbocycles. The van der Waals surface area contributed by atoms with E-state index in [1.807, 2.05) is 30.9 Å². The van der Waals surface area contributed by atoms with E-state index < -0.39 is 0 Å². The molecule has 1 fully saturated rings. The number of hydrogen-bond acceptors (Lipinski definition) is 6. The van der Waals surface area contributed by atoms with Crippen molar-refractivity contribution >= 4 is 17.0 Å². The van der Waals surface area contributed by atoms with Crippen LogP contribution in [-0.2, 0) is 13.6 Å². The summed E-state index contributed by atoms with van der Waals surface area (Å²) in [6.07, 6.45) is 5.56. The van der Waals surface area contributed by atoms with E-state index in [1.54, 1.807) is 12.4 Å². The normalized spacial score (nSPS) is 16.0. The van der Waals surface area contributed by atoms with Crippen LogP contribution in [0.3, 0.4) is 0 Å². The minimum absolute atomic E-state index is 0.825. The van der Waals surface area contributed by atoms with Gasteiger partial charge in [0.2, 0.25) is 5.95 Å². The van der Waals surface area contributed by atoms with Gasteiger partial charge >= 0.3 is 0 Å². The van der Waals surface area contributed by atoms with Gasteiger partial charge in [-0.05, 0) is 24.6 Å². The van der Waals surface area contributed by atoms with Crippen molar-refractivity contribution in [3.63, 3.8) is 0 Å². The van der Waals surface area contributed by atoms with Gasteiger partial charge in [0.1, 0.15) is 0 Å². The highest BCUT2D eigenvalue weighted by Gasteiger charge is 2.19. The molecule has 1 aliphatic rings. The lowest BCUT2D eigenvalue weighted by atomic mass is 10.2. The number of fused-ring (bicyclic) bond motifs is 1. The fourth-order valence-electron chi connectivity index (χ4n) is 3.26. The van der Waals surface area contributed by atoms with Gasteiger partial charge in [0, 0.05) is 63.7 Å². The van der Waals surface area contributed by atoms with E-state index in [-0.39, 0.29) is 0 Å². The predicted molar refractivity (Wildman–Crippen MR) is 92.8 cm³/mol. The van der Waals surface area contributed by atoms with Gasteiger partial charge in [0.05, 0.1) is 5.69 Å². The second-order valence-corrected chi connectivity index (χ2v) is 6.24. The second-order valence-electron chi connectivity index (χ2n) is 6.24. The number of anilines is 1. The van der Waals surface area contributed by atoms with Gasteiger partial charge in [-0.15, -0.1) is 0 Å². The Kier molecular flexibility index (Phi) is 3.86. The van der Waals surface area contributed by atoms with Crippen LogP contribution in [-0.4, -0.2) is 55.8 Å². The van der Waals surface area contributed by atoms with Gasteiger partial charge in [0.25, 0.3) is 0 Å². The Hall–Kier alpha value is -2.54. The SMILES string of the molecule is Cc1nn(C)c2ncc(CN3CCN(c4ncccn4)CC3)cc12. The van der Waals surface area contributed by atoms with Crippen molar-refractivity contribution in [2.75, 3.05) is 31.1 Å². The minimum Gasteiger partial charge on any atom is -0.338 e. The van der Waals surface area contributed by atoms with Crippen molar-refractivity contribution in [3.05, 3.63) is 42.0 Å². The molecule has 0 atom stereocenters. The summed E-state index contributed by atoms with van der Waals surface area (Å²) in [7, 11) is 1.94. The van der Waals surface area contributed by atoms with E-state index >= 15 is 0 Å². The molecule has 0 spiro atoms. The average molecular weight is 323 g/mol. The molecular formula is C17H21N7. The maximum Gasteiger partial charge on any atom is 0.225 e. The van der Waals surface area contributed by atoms with Gasteiger partial charge in [-0.2, -0.15) is 5.10 Å². The zero-order valence-electron chi connectivity index (χ0n) is 14.1. The van der Waals surface area contributed by atoms with Crippen LogP contribution in [0.2, 0.25) is 0 Å². The van der Waals surface area contributed by atoms with Crippen LogP contribution in [0.15, 0.2) is 30.7 Å². The first-order chi connectivity index (χ1) is 11.7. The maximum atomic E-state index is 4.57. The molecule has 0 amide bonds. The van der Waals surface area contributed by atoms with E-state index in [1.165, 1.54) is 5.56 Å². The molecule has 7 heteroatoms. The Bertz CT molecular complexity index is 835. The zero-order chi connectivity index (χ0) is 16.5. The molecular weight excluding hydrogens is 302 g/mol. The Morgan fingerprint density at radius 2 is 1.79 bits per heavy atom. The number of pyridine rings is 1. The predicted octanol–water partition coefficient (Wildman–Crippen LogP) is 1.39. The third-order valence-corrected chi connectivity index (χ3v) is 4.53. The summed E-state index contributed by atoms with van der Waals surface area (Å²) in [5.41, 5.74) is 3.22. The molecule has 0 aromatic carbocycles. The van der Waals surface area contributed by atoms with Crippen LogP contribution in [0.25, 0.3) is 11.0 Å². The van der Waals surface area contributed by atoms with Crippen molar-refractivity contribution in [2.45, 2.75) is 13.5 Å². The van der Waals surface area contributed by atoms with E-state index in [4.69, 9.17) is 0 Å². The number of aromatic nitrogens is 5. The lowest BCUT2D eigenvalue weighted by Gasteiger charge is -2.34. The Labute approximate surface area is 141 Å². The fraction of sp³-hybridized carbons (Fsp3) is 0.412. The molecule has 3 aromatic rings. The third kappa shape index (κ3) is 2.82. The highest BCUT2D eigenvalue weighted by atomic mass is 15.3. The van der Waals surface area contributed by atoms with E-state index in [0.29, 0.717) is 0 Å². The Balaban J connectivity index is 1.43. The van der Waals surface area contributed by atoms with Gasteiger partial charge in [-0.3, -0.25) is 9.58 Å². The van der Waals surface area contributed by atoms with Gasteiger partial charge in [-0.25, -0.2) is 15.0 Å². The topological polar surface area (TPSA) is 63.0 Å². The first-order valence-corrected chi connectivity index (χ1v) is 8.23. The zero-order valence-corrected chi connectivity index (χ0v) is 14.1. The molecule has 0 N–H and O–H groups in total. The first kappa shape index (κ1) is 15.0. The Morgan fingerprint density at radius 1 is 1.04 bits per heavy atom. The van der Waals surface area contributed by atoms with Crippen molar-refractivity contribution < 1.29 is 0 Å². The number of piperazine rings is 1. The Morgan fingerprint density at radius 3 is 2.54 bits per heavy atom. The molecule has 1 saturated heterocycles. The van der Waals surface area contributed by atoms with Crippen molar-refractivity contribution in [1.82, 2.24) is 29.6 Å². The second kappa shape index (κ2) is 6.16. The molecule has 0 aliphatic carbocycles. The van der Waals surface area contributed by atoms with Crippen LogP contribution in [0, 0.1) is 6.92 Å². The van der Waals surface area contributed by atoms with Crippen molar-refractivity contribution in [1.29, 1.82) is 0 Å². The van der Waals surface area contributed by atoms with E-state index in [0.717, 1.165) is 55.4 Å². The van der Waals surface area contributed by atoms with Gasteiger partial charge in [-0.1, -0.05) is 0 Å². The maximum absolute atomic E-state index is 4.57. The number of hydrogen-bond donors (Lipinski definition) is 0. The lowest BCUT2D eigenvalue weighted by Crippen LogP contribution is -2.46. The highest BCUT2D eigenvalue weighted by Crippen LogP contribution is 2.18. The highest BCUT2D eigenvalue weighted by molar-refractivity contribution is 5.78. The molecule has 0 unspecified atom stereocenters. The van der Waals surface area contributed by atoms with Crippen molar-refractivity contribution in [3.8, 4) is 0 Å². The van der Waals surface area contributed by atoms with Crippen LogP contribution in [0.4, 0.5) is 5.95 Å². The first-order valence-electron chi connectivity index (χ1n) is 8.23. The molecule has 3 aromatic heterocycles. The van der Waals surface area contributed by atoms with Crippen LogP contribution in [0.1, 0.15) is 11.3 Å². The van der Waals surface area contributed by atoms with Crippen LogP contribution in [0.5, 0.6) is 0 Å². The van der Waals surface area contributed by atoms with Crippen LogP contribution >= 0.6 is 0 Å². The fourth-order valence-corrected chi connectivity index (χ4v) is 3.26. The van der Waals surface area contributed by atoms with Crippen molar-refractivity contribution in [2.24, 2.45) is 7.05 Å². The molecule has 0 radical (unpaired) electrons. The molecule has 124 valence electrons. The lowest BCUT2D eigenvalue weighted by molar-refractivity contribution is 0.248. The molecule has 24 heavy (non-hydrogen) atoms. The molecule has 1 aliphatic heterocycles. The quantitative estimate of drug-likeness (QED) is 0.726. The summed E-state index contributed by atoms with van der Waals surface area (Å²) in [5.74, 6) is 0.825. The molecule has 7 nitrogen and oxygen atoms in total. The number of aryl methyl sites for hydroxylation is 2. The summed E-state index contributed by atoms with van der Waals surface area (Å²) >= 11 is 0. The summed E-state index contributed by atoms with van der Waals surface area (Å²) in [6, 6.07) is 4.07. The molecule has 0 bridgehead atoms. The standard InChI is InChI=1S/C17H21N7/c1-13-15-10-14(11-20-16(15)22(2)21-13)12-23-6-8-24(9-7-23)17-18-4-3-5-19-17/h3-5,10-11H,6-9,12H2,1-2H3. The minimum atomic E-state index is 0.825. The van der Waals surface area contributed by atoms with Crippen LogP contribution < -0.4 is 4.90 Å². The third-order valence-electron chi connectivity index (χ3n) is 4.53. The van der Waals surface area contributed by atoms with E-state index in [9.17, 15) is 0 Å². The number of rotatable bonds is 3. The van der Waals surface area contributed by atoms with Gasteiger partial charge < -0.3 is 4.90 Å². The molecule has 4 rings (SSSR count). The molecule has 4 heterocycles. The largest absolute Gasteiger partial charge is 0.338 e. The number of nitrogens with zero attached hydrogens (tertiary/aromatic N) is 7. The average Bonchev–Trinajstić information content (AvgIpc) is 2.90. The monoisotopic (exact) mass is 323 g/mol. The van der Waals surface area contributed by atoms with Gasteiger partial charge in [0.15, 0.2) is 5.65 Å². The summed E-state index contributed by atoms with van der Waals surface area (Å²) < 4.78 is 1.84. The summed E-state index contributed by atoms with van der Waals surface area (Å²) in [4.78, 5) is 17.9. The summed E-state index contributed by atoms with van der Waals surface area (Å²) in [5, 5.41) is 5.59. The summed E-state index contributed by atoms with van der Waals surface area (Å²) in [6.45, 7) is 6.86.